The molecular weight excluding hydrogens is 260 g/mol. The molecule has 2 unspecified atom stereocenters. The molecule has 2 saturated carbocycles. The van der Waals surface area contributed by atoms with Gasteiger partial charge < -0.3 is 20.8 Å². The Kier molecular flexibility index (Phi) is 4.86. The Morgan fingerprint density at radius 3 is 2.40 bits per heavy atom. The van der Waals surface area contributed by atoms with Gasteiger partial charge in [-0.25, -0.2) is 4.79 Å². The Labute approximate surface area is 118 Å². The van der Waals surface area contributed by atoms with E-state index in [1.165, 1.54) is 0 Å². The average Bonchev–Trinajstić information content (AvgIpc) is 2.51. The molecular formula is C14H24N2O4. The number of carboxylic acid groups (broad SMARTS) is 1. The molecule has 0 heterocycles. The van der Waals surface area contributed by atoms with Crippen LogP contribution in [0.25, 0.3) is 0 Å². The van der Waals surface area contributed by atoms with Gasteiger partial charge in [0.2, 0.25) is 0 Å². The summed E-state index contributed by atoms with van der Waals surface area (Å²) in [5, 5.41) is 24.5. The van der Waals surface area contributed by atoms with Crippen molar-refractivity contribution in [1.82, 2.24) is 10.6 Å². The minimum absolute atomic E-state index is 0.0341. The third-order valence-corrected chi connectivity index (χ3v) is 4.47. The first-order valence-electron chi connectivity index (χ1n) is 7.49. The molecule has 20 heavy (non-hydrogen) atoms. The van der Waals surface area contributed by atoms with Gasteiger partial charge in [-0.05, 0) is 32.1 Å². The molecule has 0 bridgehead atoms. The highest BCUT2D eigenvalue weighted by atomic mass is 16.4. The number of carbonyl (C=O) groups is 2. The number of urea groups is 1. The van der Waals surface area contributed by atoms with Gasteiger partial charge in [-0.3, -0.25) is 4.79 Å². The molecule has 4 N–H and O–H groups in total. The maximum Gasteiger partial charge on any atom is 0.315 e. The first kappa shape index (κ1) is 15.1. The summed E-state index contributed by atoms with van der Waals surface area (Å²) in [6, 6.07) is -0.573. The van der Waals surface area contributed by atoms with Crippen LogP contribution in [-0.4, -0.2) is 39.9 Å². The molecule has 0 aromatic heterocycles. The largest absolute Gasteiger partial charge is 0.481 e. The highest BCUT2D eigenvalue weighted by Crippen LogP contribution is 2.34. The van der Waals surface area contributed by atoms with Crippen LogP contribution in [0.15, 0.2) is 0 Å². The number of amides is 2. The van der Waals surface area contributed by atoms with Crippen LogP contribution in [0.2, 0.25) is 0 Å². The fourth-order valence-electron chi connectivity index (χ4n) is 3.14. The van der Waals surface area contributed by atoms with Crippen molar-refractivity contribution in [3.8, 4) is 0 Å². The Morgan fingerprint density at radius 1 is 1.10 bits per heavy atom. The van der Waals surface area contributed by atoms with E-state index in [1.54, 1.807) is 0 Å². The zero-order valence-corrected chi connectivity index (χ0v) is 11.7. The number of aliphatic hydroxyl groups is 1. The first-order chi connectivity index (χ1) is 9.51. The van der Waals surface area contributed by atoms with Gasteiger partial charge in [-0.1, -0.05) is 19.3 Å². The molecule has 2 fully saturated rings. The van der Waals surface area contributed by atoms with Crippen LogP contribution in [0.3, 0.4) is 0 Å². The molecule has 0 aliphatic heterocycles. The predicted octanol–water partition coefficient (Wildman–Crippen LogP) is 1.38. The highest BCUT2D eigenvalue weighted by molar-refractivity contribution is 5.77. The smallest absolute Gasteiger partial charge is 0.315 e. The summed E-state index contributed by atoms with van der Waals surface area (Å²) in [5.74, 6) is -0.889. The number of carboxylic acids is 1. The quantitative estimate of drug-likeness (QED) is 0.586. The molecule has 0 spiro atoms. The van der Waals surface area contributed by atoms with Gasteiger partial charge >= 0.3 is 12.0 Å². The van der Waals surface area contributed by atoms with Crippen LogP contribution in [0.4, 0.5) is 4.79 Å². The fraction of sp³-hybridized carbons (Fsp3) is 0.857. The Hall–Kier alpha value is -1.30. The molecule has 114 valence electrons. The standard InChI is InChI=1S/C14H24N2O4/c17-11-6-3-1-2-5-10(11)15-13(20)16-14(7-4-8-14)9-12(18)19/h10-11,17H,1-9H2,(H,18,19)(H2,15,16,20). The van der Waals surface area contributed by atoms with Crippen molar-refractivity contribution in [2.75, 3.05) is 0 Å². The molecule has 2 atom stereocenters. The summed E-state index contributed by atoms with van der Waals surface area (Å²) in [7, 11) is 0. The first-order valence-corrected chi connectivity index (χ1v) is 7.49. The number of aliphatic carboxylic acids is 1. The number of nitrogens with one attached hydrogen (secondary N) is 2. The summed E-state index contributed by atoms with van der Waals surface area (Å²) >= 11 is 0. The lowest BCUT2D eigenvalue weighted by molar-refractivity contribution is -0.139. The zero-order chi connectivity index (χ0) is 14.6. The van der Waals surface area contributed by atoms with Crippen molar-refractivity contribution in [3.05, 3.63) is 0 Å². The molecule has 6 nitrogen and oxygen atoms in total. The van der Waals surface area contributed by atoms with Crippen LogP contribution in [0.1, 0.15) is 57.8 Å². The summed E-state index contributed by atoms with van der Waals surface area (Å²) in [6.07, 6.45) is 6.39. The van der Waals surface area contributed by atoms with Crippen LogP contribution in [0.5, 0.6) is 0 Å². The SMILES string of the molecule is O=C(O)CC1(NC(=O)NC2CCCCCC2O)CCC1. The van der Waals surface area contributed by atoms with Gasteiger partial charge in [0.1, 0.15) is 0 Å². The summed E-state index contributed by atoms with van der Waals surface area (Å²) in [4.78, 5) is 22.9. The molecule has 2 aliphatic rings. The Balaban J connectivity index is 1.86. The zero-order valence-electron chi connectivity index (χ0n) is 11.7. The summed E-state index contributed by atoms with van der Waals surface area (Å²) < 4.78 is 0. The van der Waals surface area contributed by atoms with Crippen LogP contribution in [0, 0.1) is 0 Å². The second kappa shape index (κ2) is 6.43. The van der Waals surface area contributed by atoms with Crippen molar-refractivity contribution in [2.45, 2.75) is 75.5 Å². The van der Waals surface area contributed by atoms with Gasteiger partial charge in [0.25, 0.3) is 0 Å². The molecule has 6 heteroatoms. The topological polar surface area (TPSA) is 98.7 Å². The van der Waals surface area contributed by atoms with Crippen molar-refractivity contribution in [1.29, 1.82) is 0 Å². The van der Waals surface area contributed by atoms with E-state index in [1.807, 2.05) is 0 Å². The van der Waals surface area contributed by atoms with Crippen molar-refractivity contribution in [2.24, 2.45) is 0 Å². The molecule has 0 aromatic rings. The maximum absolute atomic E-state index is 12.0. The van der Waals surface area contributed by atoms with E-state index < -0.39 is 17.6 Å². The molecule has 2 amide bonds. The van der Waals surface area contributed by atoms with E-state index >= 15 is 0 Å². The molecule has 2 rings (SSSR count). The van der Waals surface area contributed by atoms with E-state index in [4.69, 9.17) is 5.11 Å². The van der Waals surface area contributed by atoms with Crippen LogP contribution >= 0.6 is 0 Å². The average molecular weight is 284 g/mol. The number of hydrogen-bond donors (Lipinski definition) is 4. The molecule has 0 radical (unpaired) electrons. The third-order valence-electron chi connectivity index (χ3n) is 4.47. The van der Waals surface area contributed by atoms with Crippen molar-refractivity contribution in [3.63, 3.8) is 0 Å². The monoisotopic (exact) mass is 284 g/mol. The second-order valence-corrected chi connectivity index (χ2v) is 6.11. The van der Waals surface area contributed by atoms with Gasteiger partial charge in [0.05, 0.1) is 24.1 Å². The van der Waals surface area contributed by atoms with Gasteiger partial charge in [-0.15, -0.1) is 0 Å². The molecule has 0 aromatic carbocycles. The third kappa shape index (κ3) is 3.85. The van der Waals surface area contributed by atoms with Crippen molar-refractivity contribution < 1.29 is 19.8 Å². The lowest BCUT2D eigenvalue weighted by Gasteiger charge is -2.41. The predicted molar refractivity (Wildman–Crippen MR) is 73.4 cm³/mol. The highest BCUT2D eigenvalue weighted by Gasteiger charge is 2.40. The van der Waals surface area contributed by atoms with E-state index in [0.717, 1.165) is 32.1 Å². The summed E-state index contributed by atoms with van der Waals surface area (Å²) in [5.41, 5.74) is -0.592. The second-order valence-electron chi connectivity index (χ2n) is 6.11. The van der Waals surface area contributed by atoms with E-state index in [2.05, 4.69) is 10.6 Å². The lowest BCUT2D eigenvalue weighted by atomic mass is 9.74. The number of carbonyl (C=O) groups excluding carboxylic acids is 1. The van der Waals surface area contributed by atoms with Crippen molar-refractivity contribution >= 4 is 12.0 Å². The molecule has 2 aliphatic carbocycles. The minimum Gasteiger partial charge on any atom is -0.481 e. The Bertz CT molecular complexity index is 368. The Morgan fingerprint density at radius 2 is 1.80 bits per heavy atom. The van der Waals surface area contributed by atoms with Crippen LogP contribution < -0.4 is 10.6 Å². The summed E-state index contributed by atoms with van der Waals surface area (Å²) in [6.45, 7) is 0. The number of aliphatic hydroxyl groups excluding tert-OH is 1. The van der Waals surface area contributed by atoms with Crippen LogP contribution in [-0.2, 0) is 4.79 Å². The lowest BCUT2D eigenvalue weighted by Crippen LogP contribution is -2.59. The normalized spacial score (nSPS) is 28.9. The molecule has 0 saturated heterocycles. The number of hydrogen-bond acceptors (Lipinski definition) is 3. The minimum atomic E-state index is -0.889. The van der Waals surface area contributed by atoms with Gasteiger partial charge in [0, 0.05) is 0 Å². The van der Waals surface area contributed by atoms with E-state index in [0.29, 0.717) is 19.3 Å². The van der Waals surface area contributed by atoms with Gasteiger partial charge in [-0.2, -0.15) is 0 Å². The van der Waals surface area contributed by atoms with E-state index in [9.17, 15) is 14.7 Å². The fourth-order valence-corrected chi connectivity index (χ4v) is 3.14. The maximum atomic E-state index is 12.0. The number of rotatable bonds is 4. The van der Waals surface area contributed by atoms with E-state index in [-0.39, 0.29) is 18.5 Å². The van der Waals surface area contributed by atoms with Gasteiger partial charge in [0.15, 0.2) is 0 Å².